The van der Waals surface area contributed by atoms with Gasteiger partial charge in [-0.2, -0.15) is 0 Å². The van der Waals surface area contributed by atoms with Crippen LogP contribution in [-0.4, -0.2) is 12.6 Å². The number of rotatable bonds is 9. The van der Waals surface area contributed by atoms with Crippen LogP contribution in [0.1, 0.15) is 16.7 Å². The molecule has 0 spiro atoms. The third-order valence-electron chi connectivity index (χ3n) is 4.10. The molecule has 27 heavy (non-hydrogen) atoms. The Balaban J connectivity index is 1.45. The molecule has 3 aromatic rings. The summed E-state index contributed by atoms with van der Waals surface area (Å²) in [6.45, 7) is 0.983. The SMILES string of the molecule is O=C(Cc1ccccc1)ONCc1ccccc1OCCc1ccccc1. The molecule has 138 valence electrons. The first-order valence-corrected chi connectivity index (χ1v) is 9.02. The molecule has 4 heteroatoms. The van der Waals surface area contributed by atoms with Gasteiger partial charge in [0.15, 0.2) is 0 Å². The van der Waals surface area contributed by atoms with Gasteiger partial charge >= 0.3 is 5.97 Å². The average Bonchev–Trinajstić information content (AvgIpc) is 2.71. The zero-order valence-electron chi connectivity index (χ0n) is 15.1. The van der Waals surface area contributed by atoms with Crippen LogP contribution in [0.2, 0.25) is 0 Å². The molecule has 3 aromatic carbocycles. The Bertz CT molecular complexity index is 835. The maximum atomic E-state index is 11.9. The van der Waals surface area contributed by atoms with Gasteiger partial charge in [0.2, 0.25) is 0 Å². The number of carbonyl (C=O) groups excluding carboxylic acids is 1. The van der Waals surface area contributed by atoms with Crippen molar-refractivity contribution in [2.45, 2.75) is 19.4 Å². The minimum absolute atomic E-state index is 0.239. The fourth-order valence-electron chi connectivity index (χ4n) is 2.71. The van der Waals surface area contributed by atoms with Gasteiger partial charge in [0.05, 0.1) is 19.6 Å². The Morgan fingerprint density at radius 2 is 1.41 bits per heavy atom. The predicted octanol–water partition coefficient (Wildman–Crippen LogP) is 4.10. The van der Waals surface area contributed by atoms with Crippen molar-refractivity contribution in [3.05, 3.63) is 102 Å². The lowest BCUT2D eigenvalue weighted by atomic mass is 10.1. The Kier molecular flexibility index (Phi) is 7.01. The fraction of sp³-hybridized carbons (Fsp3) is 0.174. The van der Waals surface area contributed by atoms with E-state index in [4.69, 9.17) is 9.57 Å². The molecule has 0 atom stereocenters. The van der Waals surface area contributed by atoms with Crippen LogP contribution in [0.15, 0.2) is 84.9 Å². The van der Waals surface area contributed by atoms with Crippen molar-refractivity contribution in [1.82, 2.24) is 5.48 Å². The molecule has 4 nitrogen and oxygen atoms in total. The smallest absolute Gasteiger partial charge is 0.329 e. The average molecular weight is 361 g/mol. The highest BCUT2D eigenvalue weighted by atomic mass is 16.7. The first-order chi connectivity index (χ1) is 13.3. The van der Waals surface area contributed by atoms with E-state index in [-0.39, 0.29) is 12.4 Å². The van der Waals surface area contributed by atoms with E-state index in [0.29, 0.717) is 13.2 Å². The largest absolute Gasteiger partial charge is 0.493 e. The lowest BCUT2D eigenvalue weighted by Gasteiger charge is -2.12. The monoisotopic (exact) mass is 361 g/mol. The highest BCUT2D eigenvalue weighted by molar-refractivity contribution is 5.72. The number of nitrogens with one attached hydrogen (secondary N) is 1. The fourth-order valence-corrected chi connectivity index (χ4v) is 2.71. The van der Waals surface area contributed by atoms with E-state index in [1.54, 1.807) is 0 Å². The van der Waals surface area contributed by atoms with Gasteiger partial charge in [-0.15, -0.1) is 5.48 Å². The van der Waals surface area contributed by atoms with Crippen LogP contribution in [0, 0.1) is 0 Å². The third kappa shape index (κ3) is 6.28. The van der Waals surface area contributed by atoms with Crippen molar-refractivity contribution in [2.24, 2.45) is 0 Å². The minimum atomic E-state index is -0.316. The summed E-state index contributed by atoms with van der Waals surface area (Å²) < 4.78 is 5.91. The molecule has 0 heterocycles. The summed E-state index contributed by atoms with van der Waals surface area (Å²) in [5, 5.41) is 0. The topological polar surface area (TPSA) is 47.6 Å². The number of ether oxygens (including phenoxy) is 1. The molecule has 0 aromatic heterocycles. The van der Waals surface area contributed by atoms with Crippen molar-refractivity contribution < 1.29 is 14.4 Å². The Morgan fingerprint density at radius 1 is 0.778 bits per heavy atom. The number of hydrogen-bond acceptors (Lipinski definition) is 4. The molecule has 1 N–H and O–H groups in total. The van der Waals surface area contributed by atoms with Crippen molar-refractivity contribution in [3.8, 4) is 5.75 Å². The second kappa shape index (κ2) is 10.1. The Hall–Kier alpha value is -3.11. The minimum Gasteiger partial charge on any atom is -0.493 e. The van der Waals surface area contributed by atoms with Gasteiger partial charge < -0.3 is 9.57 Å². The molecule has 0 radical (unpaired) electrons. The van der Waals surface area contributed by atoms with E-state index in [1.807, 2.05) is 72.8 Å². The molecule has 0 fully saturated rings. The van der Waals surface area contributed by atoms with E-state index in [1.165, 1.54) is 5.56 Å². The van der Waals surface area contributed by atoms with Gasteiger partial charge in [0, 0.05) is 12.0 Å². The van der Waals surface area contributed by atoms with Gasteiger partial charge in [0.1, 0.15) is 5.75 Å². The lowest BCUT2D eigenvalue weighted by Crippen LogP contribution is -2.21. The number of benzene rings is 3. The Labute approximate surface area is 159 Å². The first kappa shape index (κ1) is 18.7. The zero-order chi connectivity index (χ0) is 18.7. The van der Waals surface area contributed by atoms with Crippen molar-refractivity contribution in [2.75, 3.05) is 6.61 Å². The van der Waals surface area contributed by atoms with Crippen molar-refractivity contribution >= 4 is 5.97 Å². The second-order valence-corrected chi connectivity index (χ2v) is 6.15. The molecular weight excluding hydrogens is 338 g/mol. The van der Waals surface area contributed by atoms with Gasteiger partial charge in [0.25, 0.3) is 0 Å². The summed E-state index contributed by atoms with van der Waals surface area (Å²) in [6.07, 6.45) is 1.08. The normalized spacial score (nSPS) is 10.4. The van der Waals surface area contributed by atoms with E-state index in [9.17, 15) is 4.79 Å². The van der Waals surface area contributed by atoms with Crippen molar-refractivity contribution in [3.63, 3.8) is 0 Å². The molecule has 0 aliphatic heterocycles. The van der Waals surface area contributed by atoms with Crippen LogP contribution in [0.4, 0.5) is 0 Å². The third-order valence-corrected chi connectivity index (χ3v) is 4.10. The van der Waals surface area contributed by atoms with E-state index in [0.717, 1.165) is 23.3 Å². The standard InChI is InChI=1S/C23H23NO3/c25-23(17-20-11-5-2-6-12-20)27-24-18-21-13-7-8-14-22(21)26-16-15-19-9-3-1-4-10-19/h1-14,24H,15-18H2. The number of para-hydroxylation sites is 1. The Morgan fingerprint density at radius 3 is 2.15 bits per heavy atom. The summed E-state index contributed by atoms with van der Waals surface area (Å²) in [6, 6.07) is 27.5. The molecule has 0 unspecified atom stereocenters. The van der Waals surface area contributed by atoms with Crippen LogP contribution in [0.5, 0.6) is 5.75 Å². The molecule has 0 saturated carbocycles. The van der Waals surface area contributed by atoms with Gasteiger partial charge in [-0.1, -0.05) is 78.9 Å². The van der Waals surface area contributed by atoms with Crippen LogP contribution < -0.4 is 10.2 Å². The molecular formula is C23H23NO3. The van der Waals surface area contributed by atoms with Crippen LogP contribution in [-0.2, 0) is 29.0 Å². The molecule has 0 amide bonds. The molecule has 0 saturated heterocycles. The first-order valence-electron chi connectivity index (χ1n) is 9.02. The van der Waals surface area contributed by atoms with Crippen molar-refractivity contribution in [1.29, 1.82) is 0 Å². The predicted molar refractivity (Wildman–Crippen MR) is 105 cm³/mol. The maximum absolute atomic E-state index is 11.9. The summed E-state index contributed by atoms with van der Waals surface area (Å²) in [5.74, 6) is 0.476. The maximum Gasteiger partial charge on any atom is 0.329 e. The summed E-state index contributed by atoms with van der Waals surface area (Å²) >= 11 is 0. The number of hydrogen-bond donors (Lipinski definition) is 1. The summed E-state index contributed by atoms with van der Waals surface area (Å²) in [4.78, 5) is 17.0. The number of carbonyl (C=O) groups is 1. The van der Waals surface area contributed by atoms with Crippen LogP contribution >= 0.6 is 0 Å². The second-order valence-electron chi connectivity index (χ2n) is 6.15. The highest BCUT2D eigenvalue weighted by Gasteiger charge is 2.07. The van der Waals surface area contributed by atoms with E-state index in [2.05, 4.69) is 17.6 Å². The van der Waals surface area contributed by atoms with Crippen LogP contribution in [0.3, 0.4) is 0 Å². The molecule has 0 bridgehead atoms. The lowest BCUT2D eigenvalue weighted by molar-refractivity contribution is -0.150. The van der Waals surface area contributed by atoms with Crippen LogP contribution in [0.25, 0.3) is 0 Å². The van der Waals surface area contributed by atoms with E-state index >= 15 is 0 Å². The molecule has 3 rings (SSSR count). The zero-order valence-corrected chi connectivity index (χ0v) is 15.1. The molecule has 0 aliphatic rings. The molecule has 0 aliphatic carbocycles. The van der Waals surface area contributed by atoms with E-state index < -0.39 is 0 Å². The van der Waals surface area contributed by atoms with Gasteiger partial charge in [-0.25, -0.2) is 0 Å². The number of hydroxylamine groups is 1. The van der Waals surface area contributed by atoms with Gasteiger partial charge in [-0.3, -0.25) is 4.79 Å². The summed E-state index contributed by atoms with van der Waals surface area (Å²) in [5.41, 5.74) is 5.85. The quantitative estimate of drug-likeness (QED) is 0.583. The van der Waals surface area contributed by atoms with Gasteiger partial charge in [-0.05, 0) is 17.2 Å². The summed E-state index contributed by atoms with van der Waals surface area (Å²) in [7, 11) is 0. The highest BCUT2D eigenvalue weighted by Crippen LogP contribution is 2.18.